The lowest BCUT2D eigenvalue weighted by molar-refractivity contribution is -0.137. The number of piperazine rings is 1. The number of nitrogens with zero attached hydrogens (tertiary/aromatic N) is 4. The first kappa shape index (κ1) is 29.5. The zero-order valence-corrected chi connectivity index (χ0v) is 23.6. The van der Waals surface area contributed by atoms with Crippen LogP contribution in [0.3, 0.4) is 0 Å². The van der Waals surface area contributed by atoms with Crippen molar-refractivity contribution in [1.29, 1.82) is 0 Å². The Morgan fingerprint density at radius 1 is 1.10 bits per heavy atom. The highest BCUT2D eigenvalue weighted by Gasteiger charge is 2.42. The van der Waals surface area contributed by atoms with Crippen LogP contribution in [0.5, 0.6) is 0 Å². The summed E-state index contributed by atoms with van der Waals surface area (Å²) in [5.74, 6) is -1.53. The van der Waals surface area contributed by atoms with Gasteiger partial charge in [-0.25, -0.2) is 13.2 Å². The van der Waals surface area contributed by atoms with Crippen molar-refractivity contribution < 1.29 is 35.9 Å². The topological polar surface area (TPSA) is 126 Å². The molecule has 1 amide bonds. The molecular formula is C27H29F3N6O5S. The van der Waals surface area contributed by atoms with E-state index in [2.05, 4.69) is 20.6 Å². The van der Waals surface area contributed by atoms with Gasteiger partial charge in [-0.15, -0.1) is 5.10 Å². The summed E-state index contributed by atoms with van der Waals surface area (Å²) in [5, 5.41) is 7.80. The van der Waals surface area contributed by atoms with Crippen molar-refractivity contribution in [3.8, 4) is 0 Å². The van der Waals surface area contributed by atoms with Crippen LogP contribution in [0.4, 0.5) is 29.5 Å². The quantitative estimate of drug-likeness (QED) is 0.434. The summed E-state index contributed by atoms with van der Waals surface area (Å²) in [4.78, 5) is 29.9. The maximum absolute atomic E-state index is 14.2. The van der Waals surface area contributed by atoms with E-state index in [4.69, 9.17) is 4.74 Å². The number of sulfone groups is 1. The second-order valence-electron chi connectivity index (χ2n) is 9.91. The molecule has 11 nitrogen and oxygen atoms in total. The Labute approximate surface area is 240 Å². The zero-order valence-electron chi connectivity index (χ0n) is 22.8. The van der Waals surface area contributed by atoms with Crippen molar-refractivity contribution in [3.63, 3.8) is 0 Å². The molecule has 1 fully saturated rings. The van der Waals surface area contributed by atoms with Gasteiger partial charge in [-0.3, -0.25) is 10.1 Å². The summed E-state index contributed by atoms with van der Waals surface area (Å²) in [7, 11) is -2.18. The number of amides is 1. The fourth-order valence-electron chi connectivity index (χ4n) is 5.04. The van der Waals surface area contributed by atoms with E-state index in [1.54, 1.807) is 13.0 Å². The van der Waals surface area contributed by atoms with Crippen LogP contribution >= 0.6 is 0 Å². The Balaban J connectivity index is 1.53. The minimum atomic E-state index is -4.86. The second kappa shape index (κ2) is 11.4. The van der Waals surface area contributed by atoms with Crippen LogP contribution in [-0.2, 0) is 27.3 Å². The molecule has 1 aromatic heterocycles. The van der Waals surface area contributed by atoms with Gasteiger partial charge in [-0.1, -0.05) is 18.2 Å². The minimum absolute atomic E-state index is 0.0110. The Hall–Kier alpha value is -3.95. The monoisotopic (exact) mass is 606 g/mol. The van der Waals surface area contributed by atoms with Gasteiger partial charge in [0.2, 0.25) is 0 Å². The van der Waals surface area contributed by atoms with E-state index in [0.717, 1.165) is 16.8 Å². The third-order valence-corrected chi connectivity index (χ3v) is 9.17. The number of benzene rings is 2. The Bertz CT molecular complexity index is 1600. The average Bonchev–Trinajstić information content (AvgIpc) is 3.55. The number of hydrogen-bond donors (Lipinski definition) is 2. The predicted molar refractivity (Wildman–Crippen MR) is 147 cm³/mol. The number of ether oxygens (including phenoxy) is 1. The summed E-state index contributed by atoms with van der Waals surface area (Å²) in [5.41, 5.74) is -1.44. The van der Waals surface area contributed by atoms with Crippen LogP contribution < -0.4 is 15.5 Å². The third kappa shape index (κ3) is 5.58. The van der Waals surface area contributed by atoms with Gasteiger partial charge in [0.15, 0.2) is 15.7 Å². The highest BCUT2D eigenvalue weighted by atomic mass is 32.2. The fraction of sp³-hybridized carbons (Fsp3) is 0.370. The summed E-state index contributed by atoms with van der Waals surface area (Å²) < 4.78 is 75.5. The van der Waals surface area contributed by atoms with Gasteiger partial charge >= 0.3 is 12.3 Å². The van der Waals surface area contributed by atoms with E-state index in [0.29, 0.717) is 31.9 Å². The van der Waals surface area contributed by atoms with Crippen molar-refractivity contribution >= 4 is 33.3 Å². The summed E-state index contributed by atoms with van der Waals surface area (Å²) >= 11 is 0. The molecule has 1 unspecified atom stereocenters. The number of likely N-dealkylation sites (N-methyl/N-ethyl adjacent to an activating group) is 1. The van der Waals surface area contributed by atoms with Crippen molar-refractivity contribution in [2.45, 2.75) is 29.9 Å². The van der Waals surface area contributed by atoms with Crippen molar-refractivity contribution in [1.82, 2.24) is 20.0 Å². The number of alkyl halides is 3. The molecule has 2 aliphatic heterocycles. The Morgan fingerprint density at radius 3 is 2.43 bits per heavy atom. The molecule has 224 valence electrons. The normalized spacial score (nSPS) is 17.6. The van der Waals surface area contributed by atoms with Gasteiger partial charge in [0.25, 0.3) is 5.91 Å². The molecule has 0 saturated carbocycles. The molecule has 1 atom stereocenters. The van der Waals surface area contributed by atoms with Crippen LogP contribution in [0, 0.1) is 0 Å². The number of aromatic nitrogens is 2. The lowest BCUT2D eigenvalue weighted by Gasteiger charge is -2.34. The van der Waals surface area contributed by atoms with E-state index >= 15 is 0 Å². The van der Waals surface area contributed by atoms with Crippen LogP contribution in [-0.4, -0.2) is 74.9 Å². The van der Waals surface area contributed by atoms with Crippen LogP contribution in [0.15, 0.2) is 53.4 Å². The second-order valence-corrected chi connectivity index (χ2v) is 11.9. The van der Waals surface area contributed by atoms with E-state index in [1.165, 1.54) is 30.3 Å². The fourth-order valence-corrected chi connectivity index (χ4v) is 6.71. The standard InChI is InChI=1S/C27H29F3N6O5S/c1-3-41-26(38)36-21-16-31-25(42(39,40)18-7-5-4-6-8-18)22(21)23(33-36)32-24(37)19-10-9-17(15-20(19)27(28,29)30)35-13-11-34(2)12-14-35/h4-10,15,25,31H,3,11-14,16H2,1-2H3,(H,32,33,37). The van der Waals surface area contributed by atoms with Crippen molar-refractivity contribution in [3.05, 3.63) is 70.9 Å². The number of halogens is 3. The minimum Gasteiger partial charge on any atom is -0.448 e. The average molecular weight is 607 g/mol. The van der Waals surface area contributed by atoms with Crippen molar-refractivity contribution in [2.75, 3.05) is 50.1 Å². The van der Waals surface area contributed by atoms with Crippen molar-refractivity contribution in [2.24, 2.45) is 0 Å². The molecule has 3 heterocycles. The van der Waals surface area contributed by atoms with Gasteiger partial charge in [-0.05, 0) is 44.3 Å². The molecule has 2 aromatic carbocycles. The highest BCUT2D eigenvalue weighted by Crippen LogP contribution is 2.40. The summed E-state index contributed by atoms with van der Waals surface area (Å²) in [6.07, 6.45) is -5.79. The number of carbonyl (C=O) groups excluding carboxylic acids is 2. The van der Waals surface area contributed by atoms with Gasteiger partial charge in [0.1, 0.15) is 5.37 Å². The summed E-state index contributed by atoms with van der Waals surface area (Å²) in [6, 6.07) is 11.0. The van der Waals surface area contributed by atoms with Crippen LogP contribution in [0.1, 0.15) is 39.5 Å². The molecular weight excluding hydrogens is 577 g/mol. The molecule has 2 aliphatic rings. The molecule has 3 aromatic rings. The van der Waals surface area contributed by atoms with E-state index in [1.807, 2.05) is 11.9 Å². The molecule has 0 spiro atoms. The van der Waals surface area contributed by atoms with Crippen LogP contribution in [0.2, 0.25) is 0 Å². The smallest absolute Gasteiger partial charge is 0.435 e. The van der Waals surface area contributed by atoms with Crippen LogP contribution in [0.25, 0.3) is 0 Å². The SMILES string of the molecule is CCOC(=O)n1nc(NC(=O)c2ccc(N3CCN(C)CC3)cc2C(F)(F)F)c2c1CNC2S(=O)(=O)c1ccccc1. The number of rotatable bonds is 6. The lowest BCUT2D eigenvalue weighted by Crippen LogP contribution is -2.44. The predicted octanol–water partition coefficient (Wildman–Crippen LogP) is 3.49. The first-order valence-electron chi connectivity index (χ1n) is 13.2. The molecule has 0 aliphatic carbocycles. The Morgan fingerprint density at radius 2 is 1.79 bits per heavy atom. The molecule has 0 bridgehead atoms. The summed E-state index contributed by atoms with van der Waals surface area (Å²) in [6.45, 7) is 3.85. The van der Waals surface area contributed by atoms with Gasteiger partial charge in [0, 0.05) is 38.4 Å². The largest absolute Gasteiger partial charge is 0.448 e. The zero-order chi connectivity index (χ0) is 30.2. The third-order valence-electron chi connectivity index (χ3n) is 7.22. The van der Waals surface area contributed by atoms with E-state index in [-0.39, 0.29) is 35.1 Å². The number of nitrogens with one attached hydrogen (secondary N) is 2. The Kier molecular flexibility index (Phi) is 8.00. The number of hydrogen-bond acceptors (Lipinski definition) is 9. The first-order valence-corrected chi connectivity index (χ1v) is 14.7. The molecule has 2 N–H and O–H groups in total. The molecule has 42 heavy (non-hydrogen) atoms. The van der Waals surface area contributed by atoms with Gasteiger partial charge < -0.3 is 19.9 Å². The molecule has 5 rings (SSSR count). The van der Waals surface area contributed by atoms with E-state index in [9.17, 15) is 31.2 Å². The number of anilines is 2. The number of carbonyl (C=O) groups is 2. The highest BCUT2D eigenvalue weighted by molar-refractivity contribution is 7.91. The van der Waals surface area contributed by atoms with Gasteiger partial charge in [-0.2, -0.15) is 17.9 Å². The molecule has 15 heteroatoms. The maximum atomic E-state index is 14.2. The van der Waals surface area contributed by atoms with E-state index < -0.39 is 44.5 Å². The molecule has 0 radical (unpaired) electrons. The first-order chi connectivity index (χ1) is 19.9. The maximum Gasteiger partial charge on any atom is 0.435 e. The van der Waals surface area contributed by atoms with Gasteiger partial charge in [0.05, 0.1) is 33.9 Å². The molecule has 1 saturated heterocycles. The number of fused-ring (bicyclic) bond motifs is 1. The lowest BCUT2D eigenvalue weighted by atomic mass is 10.0.